The Kier molecular flexibility index (Phi) is 7.97. The first kappa shape index (κ1) is 20.8. The third kappa shape index (κ3) is 5.01. The molecule has 1 amide bonds. The molecule has 1 aliphatic rings. The summed E-state index contributed by atoms with van der Waals surface area (Å²) in [5.74, 6) is 1.81. The van der Waals surface area contributed by atoms with Crippen molar-refractivity contribution in [2.75, 3.05) is 20.8 Å². The third-order valence-electron chi connectivity index (χ3n) is 4.56. The molecule has 26 heavy (non-hydrogen) atoms. The Hall–Kier alpha value is -1.53. The Labute approximate surface area is 165 Å². The Morgan fingerprint density at radius 2 is 1.96 bits per heavy atom. The van der Waals surface area contributed by atoms with E-state index in [4.69, 9.17) is 21.7 Å². The highest BCUT2D eigenvalue weighted by atomic mass is 32.2. The summed E-state index contributed by atoms with van der Waals surface area (Å²) in [7, 11) is 3.20. The van der Waals surface area contributed by atoms with Gasteiger partial charge in [-0.25, -0.2) is 0 Å². The maximum Gasteiger partial charge on any atom is 0.266 e. The van der Waals surface area contributed by atoms with Crippen LogP contribution in [0.15, 0.2) is 23.1 Å². The standard InChI is InChI=1S/C20H27NO3S2/c1-5-7-8-14(6-2)13-21-19(22)18(26-20(21)25)12-15-9-10-16(23-3)17(11-15)24-4/h9-12,14H,5-8,13H2,1-4H3/b18-12-/t14-/m1/s1. The summed E-state index contributed by atoms with van der Waals surface area (Å²) in [5, 5.41) is 0. The zero-order valence-corrected chi connectivity index (χ0v) is 17.5. The molecule has 0 aromatic heterocycles. The molecule has 1 aromatic carbocycles. The topological polar surface area (TPSA) is 38.8 Å². The Morgan fingerprint density at radius 1 is 1.23 bits per heavy atom. The molecule has 0 unspecified atom stereocenters. The second kappa shape index (κ2) is 9.97. The van der Waals surface area contributed by atoms with Crippen molar-refractivity contribution in [3.63, 3.8) is 0 Å². The summed E-state index contributed by atoms with van der Waals surface area (Å²) in [5.41, 5.74) is 0.890. The van der Waals surface area contributed by atoms with Gasteiger partial charge in [0.15, 0.2) is 11.5 Å². The SMILES string of the molecule is CCCC[C@@H](CC)CN1C(=O)/C(=C/c2ccc(OC)c(OC)c2)SC1=S. The van der Waals surface area contributed by atoms with Crippen molar-refractivity contribution in [2.24, 2.45) is 5.92 Å². The number of ether oxygens (including phenoxy) is 2. The first-order valence-electron chi connectivity index (χ1n) is 9.01. The van der Waals surface area contributed by atoms with Crippen LogP contribution in [0.3, 0.4) is 0 Å². The lowest BCUT2D eigenvalue weighted by Gasteiger charge is -2.21. The lowest BCUT2D eigenvalue weighted by molar-refractivity contribution is -0.122. The second-order valence-electron chi connectivity index (χ2n) is 6.32. The molecule has 0 N–H and O–H groups in total. The fraction of sp³-hybridized carbons (Fsp3) is 0.500. The van der Waals surface area contributed by atoms with Crippen molar-refractivity contribution in [3.05, 3.63) is 28.7 Å². The van der Waals surface area contributed by atoms with Crippen LogP contribution in [0.25, 0.3) is 6.08 Å². The lowest BCUT2D eigenvalue weighted by atomic mass is 9.99. The normalized spacial score (nSPS) is 17.1. The Balaban J connectivity index is 2.15. The average Bonchev–Trinajstić information content (AvgIpc) is 2.91. The van der Waals surface area contributed by atoms with Crippen molar-refractivity contribution in [3.8, 4) is 11.5 Å². The van der Waals surface area contributed by atoms with Gasteiger partial charge in [-0.1, -0.05) is 63.2 Å². The molecule has 0 radical (unpaired) electrons. The van der Waals surface area contributed by atoms with E-state index in [0.29, 0.717) is 33.2 Å². The van der Waals surface area contributed by atoms with Gasteiger partial charge in [-0.15, -0.1) is 0 Å². The van der Waals surface area contributed by atoms with E-state index in [9.17, 15) is 4.79 Å². The Morgan fingerprint density at radius 3 is 2.58 bits per heavy atom. The molecule has 4 nitrogen and oxygen atoms in total. The number of amides is 1. The van der Waals surface area contributed by atoms with E-state index in [1.807, 2.05) is 24.3 Å². The van der Waals surface area contributed by atoms with E-state index in [1.165, 1.54) is 24.6 Å². The summed E-state index contributed by atoms with van der Waals surface area (Å²) >= 11 is 6.83. The van der Waals surface area contributed by atoms with E-state index in [2.05, 4.69) is 13.8 Å². The molecule has 6 heteroatoms. The number of hydrogen-bond donors (Lipinski definition) is 0. The van der Waals surface area contributed by atoms with Crippen molar-refractivity contribution in [1.82, 2.24) is 4.90 Å². The second-order valence-corrected chi connectivity index (χ2v) is 8.00. The number of thiocarbonyl (C=S) groups is 1. The quantitative estimate of drug-likeness (QED) is 0.430. The molecular weight excluding hydrogens is 366 g/mol. The van der Waals surface area contributed by atoms with Gasteiger partial charge < -0.3 is 9.47 Å². The maximum atomic E-state index is 12.8. The molecule has 1 saturated heterocycles. The van der Waals surface area contributed by atoms with Gasteiger partial charge in [-0.05, 0) is 36.1 Å². The lowest BCUT2D eigenvalue weighted by Crippen LogP contribution is -2.33. The van der Waals surface area contributed by atoms with Crippen LogP contribution in [-0.2, 0) is 4.79 Å². The molecule has 0 saturated carbocycles. The van der Waals surface area contributed by atoms with E-state index in [0.717, 1.165) is 18.4 Å². The van der Waals surface area contributed by atoms with Crippen LogP contribution in [0.5, 0.6) is 11.5 Å². The molecule has 1 fully saturated rings. The van der Waals surface area contributed by atoms with Gasteiger partial charge >= 0.3 is 0 Å². The summed E-state index contributed by atoms with van der Waals surface area (Å²) in [4.78, 5) is 15.2. The molecule has 0 aliphatic carbocycles. The summed E-state index contributed by atoms with van der Waals surface area (Å²) < 4.78 is 11.2. The van der Waals surface area contributed by atoms with E-state index >= 15 is 0 Å². The average molecular weight is 394 g/mol. The number of thioether (sulfide) groups is 1. The molecule has 1 atom stereocenters. The smallest absolute Gasteiger partial charge is 0.266 e. The number of carbonyl (C=O) groups is 1. The van der Waals surface area contributed by atoms with Crippen molar-refractivity contribution in [1.29, 1.82) is 0 Å². The minimum atomic E-state index is 0.00438. The van der Waals surface area contributed by atoms with Gasteiger partial charge in [0.1, 0.15) is 4.32 Å². The van der Waals surface area contributed by atoms with Crippen LogP contribution in [-0.4, -0.2) is 35.9 Å². The minimum absolute atomic E-state index is 0.00438. The molecule has 1 aliphatic heterocycles. The number of benzene rings is 1. The van der Waals surface area contributed by atoms with Gasteiger partial charge in [0.2, 0.25) is 0 Å². The van der Waals surface area contributed by atoms with Crippen molar-refractivity contribution < 1.29 is 14.3 Å². The maximum absolute atomic E-state index is 12.8. The van der Waals surface area contributed by atoms with Gasteiger partial charge in [0.05, 0.1) is 19.1 Å². The zero-order valence-electron chi connectivity index (χ0n) is 15.9. The number of carbonyl (C=O) groups excluding carboxylic acids is 1. The van der Waals surface area contributed by atoms with Gasteiger partial charge in [-0.2, -0.15) is 0 Å². The number of unbranched alkanes of at least 4 members (excludes halogenated alkanes) is 1. The highest BCUT2D eigenvalue weighted by Gasteiger charge is 2.33. The molecule has 142 valence electrons. The number of nitrogens with zero attached hydrogens (tertiary/aromatic N) is 1. The Bertz CT molecular complexity index is 688. The first-order chi connectivity index (χ1) is 12.5. The minimum Gasteiger partial charge on any atom is -0.493 e. The van der Waals surface area contributed by atoms with Gasteiger partial charge in [0, 0.05) is 6.54 Å². The highest BCUT2D eigenvalue weighted by Crippen LogP contribution is 2.35. The van der Waals surface area contributed by atoms with Crippen LogP contribution >= 0.6 is 24.0 Å². The largest absolute Gasteiger partial charge is 0.493 e. The van der Waals surface area contributed by atoms with E-state index in [1.54, 1.807) is 19.1 Å². The number of rotatable bonds is 9. The number of hydrogen-bond acceptors (Lipinski definition) is 5. The molecule has 1 heterocycles. The molecular formula is C20H27NO3S2. The molecule has 0 bridgehead atoms. The van der Waals surface area contributed by atoms with E-state index in [-0.39, 0.29) is 5.91 Å². The number of methoxy groups -OCH3 is 2. The molecule has 0 spiro atoms. The van der Waals surface area contributed by atoms with Crippen LogP contribution in [0, 0.1) is 5.92 Å². The monoisotopic (exact) mass is 393 g/mol. The first-order valence-corrected chi connectivity index (χ1v) is 10.2. The van der Waals surface area contributed by atoms with Crippen LogP contribution in [0.1, 0.15) is 45.1 Å². The van der Waals surface area contributed by atoms with Crippen molar-refractivity contribution in [2.45, 2.75) is 39.5 Å². The summed E-state index contributed by atoms with van der Waals surface area (Å²) in [6.45, 7) is 5.08. The summed E-state index contributed by atoms with van der Waals surface area (Å²) in [6.07, 6.45) is 6.43. The van der Waals surface area contributed by atoms with Crippen LogP contribution in [0.2, 0.25) is 0 Å². The predicted molar refractivity (Wildman–Crippen MR) is 113 cm³/mol. The van der Waals surface area contributed by atoms with E-state index < -0.39 is 0 Å². The van der Waals surface area contributed by atoms with Crippen molar-refractivity contribution >= 4 is 40.3 Å². The highest BCUT2D eigenvalue weighted by molar-refractivity contribution is 8.26. The fourth-order valence-electron chi connectivity index (χ4n) is 2.93. The summed E-state index contributed by atoms with van der Waals surface area (Å²) in [6, 6.07) is 5.61. The van der Waals surface area contributed by atoms with Gasteiger partial charge in [-0.3, -0.25) is 9.69 Å². The molecule has 1 aromatic rings. The fourth-order valence-corrected chi connectivity index (χ4v) is 4.20. The van der Waals surface area contributed by atoms with Crippen LogP contribution in [0.4, 0.5) is 0 Å². The third-order valence-corrected chi connectivity index (χ3v) is 5.94. The zero-order chi connectivity index (χ0) is 19.1. The predicted octanol–water partition coefficient (Wildman–Crippen LogP) is 5.12. The van der Waals surface area contributed by atoms with Gasteiger partial charge in [0.25, 0.3) is 5.91 Å². The van der Waals surface area contributed by atoms with Crippen LogP contribution < -0.4 is 9.47 Å². The molecule has 2 rings (SSSR count).